The van der Waals surface area contributed by atoms with Crippen molar-refractivity contribution < 1.29 is 4.74 Å². The molecule has 3 nitrogen and oxygen atoms in total. The van der Waals surface area contributed by atoms with Gasteiger partial charge >= 0.3 is 0 Å². The Balaban J connectivity index is 1.49. The lowest BCUT2D eigenvalue weighted by atomic mass is 9.99. The molecule has 0 bridgehead atoms. The molecule has 1 atom stereocenters. The molecule has 116 valence electrons. The highest BCUT2D eigenvalue weighted by Crippen LogP contribution is 2.27. The van der Waals surface area contributed by atoms with Crippen molar-refractivity contribution in [3.63, 3.8) is 0 Å². The van der Waals surface area contributed by atoms with E-state index in [0.717, 1.165) is 38.8 Å². The highest BCUT2D eigenvalue weighted by molar-refractivity contribution is 5.47. The molecule has 0 radical (unpaired) electrons. The van der Waals surface area contributed by atoms with Gasteiger partial charge in [0.1, 0.15) is 0 Å². The van der Waals surface area contributed by atoms with Crippen molar-refractivity contribution in [2.75, 3.05) is 31.2 Å². The third-order valence-corrected chi connectivity index (χ3v) is 5.05. The Hall–Kier alpha value is -1.06. The molecule has 0 amide bonds. The average Bonchev–Trinajstić information content (AvgIpc) is 3.08. The second kappa shape index (κ2) is 7.28. The molecule has 1 aliphatic heterocycles. The van der Waals surface area contributed by atoms with Crippen LogP contribution in [0.25, 0.3) is 0 Å². The summed E-state index contributed by atoms with van der Waals surface area (Å²) in [5.74, 6) is 0.887. The first-order valence-corrected chi connectivity index (χ1v) is 8.48. The van der Waals surface area contributed by atoms with Gasteiger partial charge in [-0.05, 0) is 43.4 Å². The lowest BCUT2D eigenvalue weighted by Crippen LogP contribution is -2.36. The maximum absolute atomic E-state index is 5.41. The normalized spacial score (nSPS) is 21.7. The molecule has 1 saturated heterocycles. The Morgan fingerprint density at radius 2 is 1.81 bits per heavy atom. The van der Waals surface area contributed by atoms with Crippen LogP contribution >= 0.6 is 0 Å². The number of nitrogens with one attached hydrogen (secondary N) is 1. The summed E-state index contributed by atoms with van der Waals surface area (Å²) in [6, 6.07) is 9.68. The summed E-state index contributed by atoms with van der Waals surface area (Å²) in [5, 5.41) is 3.71. The van der Waals surface area contributed by atoms with E-state index < -0.39 is 0 Å². The van der Waals surface area contributed by atoms with Crippen molar-refractivity contribution in [3.8, 4) is 0 Å². The number of morpholine rings is 1. The average molecular weight is 288 g/mol. The zero-order valence-electron chi connectivity index (χ0n) is 13.2. The second-order valence-corrected chi connectivity index (χ2v) is 6.48. The number of nitrogens with zero attached hydrogens (tertiary/aromatic N) is 1. The van der Waals surface area contributed by atoms with Gasteiger partial charge < -0.3 is 15.0 Å². The van der Waals surface area contributed by atoms with Gasteiger partial charge in [-0.1, -0.05) is 25.0 Å². The molecule has 3 rings (SSSR count). The second-order valence-electron chi connectivity index (χ2n) is 6.48. The van der Waals surface area contributed by atoms with Crippen molar-refractivity contribution in [1.82, 2.24) is 5.32 Å². The molecule has 1 aliphatic carbocycles. The van der Waals surface area contributed by atoms with Crippen LogP contribution in [0.2, 0.25) is 0 Å². The molecule has 2 fully saturated rings. The first-order valence-electron chi connectivity index (χ1n) is 8.48. The number of hydrogen-bond acceptors (Lipinski definition) is 3. The van der Waals surface area contributed by atoms with Crippen molar-refractivity contribution in [3.05, 3.63) is 29.8 Å². The Kier molecular flexibility index (Phi) is 5.15. The summed E-state index contributed by atoms with van der Waals surface area (Å²) in [5.41, 5.74) is 2.71. The van der Waals surface area contributed by atoms with E-state index in [1.165, 1.54) is 36.9 Å². The predicted molar refractivity (Wildman–Crippen MR) is 87.7 cm³/mol. The van der Waals surface area contributed by atoms with Gasteiger partial charge in [0.25, 0.3) is 0 Å². The fourth-order valence-corrected chi connectivity index (χ4v) is 3.55. The quantitative estimate of drug-likeness (QED) is 0.900. The van der Waals surface area contributed by atoms with Gasteiger partial charge in [-0.3, -0.25) is 0 Å². The Morgan fingerprint density at radius 3 is 2.48 bits per heavy atom. The molecule has 1 aromatic carbocycles. The Bertz CT molecular complexity index is 419. The molecule has 1 N–H and O–H groups in total. The molecule has 1 aromatic rings. The van der Waals surface area contributed by atoms with Gasteiger partial charge in [-0.2, -0.15) is 0 Å². The van der Waals surface area contributed by atoms with E-state index in [2.05, 4.69) is 41.4 Å². The molecular formula is C18H28N2O. The number of rotatable bonds is 5. The van der Waals surface area contributed by atoms with Crippen molar-refractivity contribution in [2.45, 2.75) is 45.2 Å². The zero-order chi connectivity index (χ0) is 14.5. The van der Waals surface area contributed by atoms with E-state index in [4.69, 9.17) is 4.74 Å². The predicted octanol–water partition coefficient (Wildman–Crippen LogP) is 3.19. The minimum atomic E-state index is 0.645. The van der Waals surface area contributed by atoms with Crippen molar-refractivity contribution in [2.24, 2.45) is 5.92 Å². The summed E-state index contributed by atoms with van der Waals surface area (Å²) in [6.07, 6.45) is 5.66. The van der Waals surface area contributed by atoms with Crippen LogP contribution in [0.3, 0.4) is 0 Å². The van der Waals surface area contributed by atoms with Gasteiger partial charge in [-0.25, -0.2) is 0 Å². The molecule has 0 unspecified atom stereocenters. The van der Waals surface area contributed by atoms with Crippen LogP contribution < -0.4 is 10.2 Å². The number of anilines is 1. The molecular weight excluding hydrogens is 260 g/mol. The first-order chi connectivity index (χ1) is 10.3. The minimum Gasteiger partial charge on any atom is -0.378 e. The van der Waals surface area contributed by atoms with E-state index >= 15 is 0 Å². The minimum absolute atomic E-state index is 0.645. The summed E-state index contributed by atoms with van der Waals surface area (Å²) >= 11 is 0. The molecule has 1 heterocycles. The van der Waals surface area contributed by atoms with Gasteiger partial charge in [0.2, 0.25) is 0 Å². The van der Waals surface area contributed by atoms with Crippen molar-refractivity contribution >= 4 is 5.69 Å². The van der Waals surface area contributed by atoms with Gasteiger partial charge in [0.15, 0.2) is 0 Å². The zero-order valence-corrected chi connectivity index (χ0v) is 13.2. The highest BCUT2D eigenvalue weighted by Gasteiger charge is 2.20. The monoisotopic (exact) mass is 288 g/mol. The van der Waals surface area contributed by atoms with Crippen LogP contribution in [0.5, 0.6) is 0 Å². The standard InChI is InChI=1S/C18H28N2O/c1-15(17-4-2-3-5-17)19-14-16-6-8-18(9-7-16)20-10-12-21-13-11-20/h6-9,15,17,19H,2-5,10-14H2,1H3/t15-/m0/s1. The van der Waals surface area contributed by atoms with Crippen LogP contribution in [0.4, 0.5) is 5.69 Å². The highest BCUT2D eigenvalue weighted by atomic mass is 16.5. The Morgan fingerprint density at radius 1 is 1.14 bits per heavy atom. The number of benzene rings is 1. The third-order valence-electron chi connectivity index (χ3n) is 5.05. The summed E-state index contributed by atoms with van der Waals surface area (Å²) in [7, 11) is 0. The van der Waals surface area contributed by atoms with E-state index in [1.807, 2.05) is 0 Å². The summed E-state index contributed by atoms with van der Waals surface area (Å²) in [4.78, 5) is 2.40. The molecule has 0 aromatic heterocycles. The van der Waals surface area contributed by atoms with Crippen molar-refractivity contribution in [1.29, 1.82) is 0 Å². The SMILES string of the molecule is C[C@H](NCc1ccc(N2CCOCC2)cc1)C1CCCC1. The third kappa shape index (κ3) is 3.98. The van der Waals surface area contributed by atoms with E-state index in [1.54, 1.807) is 0 Å². The van der Waals surface area contributed by atoms with Gasteiger partial charge in [0.05, 0.1) is 13.2 Å². The summed E-state index contributed by atoms with van der Waals surface area (Å²) in [6.45, 7) is 7.05. The fraction of sp³-hybridized carbons (Fsp3) is 0.667. The van der Waals surface area contributed by atoms with Gasteiger partial charge in [0, 0.05) is 31.4 Å². The van der Waals surface area contributed by atoms with Crippen LogP contribution in [-0.4, -0.2) is 32.3 Å². The van der Waals surface area contributed by atoms with E-state index in [9.17, 15) is 0 Å². The van der Waals surface area contributed by atoms with Crippen LogP contribution in [0.15, 0.2) is 24.3 Å². The van der Waals surface area contributed by atoms with E-state index in [-0.39, 0.29) is 0 Å². The number of hydrogen-bond donors (Lipinski definition) is 1. The maximum Gasteiger partial charge on any atom is 0.0642 e. The largest absolute Gasteiger partial charge is 0.378 e. The fourth-order valence-electron chi connectivity index (χ4n) is 3.55. The first kappa shape index (κ1) is 14.9. The molecule has 3 heteroatoms. The smallest absolute Gasteiger partial charge is 0.0642 e. The molecule has 21 heavy (non-hydrogen) atoms. The van der Waals surface area contributed by atoms with E-state index in [0.29, 0.717) is 6.04 Å². The maximum atomic E-state index is 5.41. The molecule has 2 aliphatic rings. The van der Waals surface area contributed by atoms with Crippen LogP contribution in [-0.2, 0) is 11.3 Å². The molecule has 1 saturated carbocycles. The Labute approximate surface area is 128 Å². The van der Waals surface area contributed by atoms with Gasteiger partial charge in [-0.15, -0.1) is 0 Å². The molecule has 0 spiro atoms. The lowest BCUT2D eigenvalue weighted by molar-refractivity contribution is 0.122. The lowest BCUT2D eigenvalue weighted by Gasteiger charge is -2.29. The van der Waals surface area contributed by atoms with Crippen LogP contribution in [0.1, 0.15) is 38.2 Å². The summed E-state index contributed by atoms with van der Waals surface area (Å²) < 4.78 is 5.41. The van der Waals surface area contributed by atoms with Crippen LogP contribution in [0, 0.1) is 5.92 Å². The number of ether oxygens (including phenoxy) is 1. The topological polar surface area (TPSA) is 24.5 Å².